The molecule has 1 saturated heterocycles. The van der Waals surface area contributed by atoms with Crippen molar-refractivity contribution in [3.63, 3.8) is 0 Å². The number of anilines is 1. The molecule has 1 aromatic carbocycles. The Morgan fingerprint density at radius 2 is 2.20 bits per heavy atom. The fourth-order valence-corrected chi connectivity index (χ4v) is 2.56. The second-order valence-electron chi connectivity index (χ2n) is 5.41. The van der Waals surface area contributed by atoms with Gasteiger partial charge in [0.1, 0.15) is 0 Å². The van der Waals surface area contributed by atoms with Crippen LogP contribution in [0.1, 0.15) is 42.1 Å². The van der Waals surface area contributed by atoms with Crippen LogP contribution in [-0.2, 0) is 0 Å². The van der Waals surface area contributed by atoms with E-state index in [9.17, 15) is 4.79 Å². The van der Waals surface area contributed by atoms with Gasteiger partial charge in [-0.3, -0.25) is 4.79 Å². The molecular formula is C16H25N3O. The van der Waals surface area contributed by atoms with Crippen LogP contribution in [-0.4, -0.2) is 31.6 Å². The minimum Gasteiger partial charge on any atom is -0.382 e. The first kappa shape index (κ1) is 14.9. The highest BCUT2D eigenvalue weighted by Crippen LogP contribution is 2.20. The third-order valence-electron chi connectivity index (χ3n) is 3.77. The van der Waals surface area contributed by atoms with Gasteiger partial charge in [0.05, 0.1) is 0 Å². The standard InChI is InChI=1S/C16H25N3O/c1-3-18-16(20)13-7-6-12(2)15(11-13)19-14-5-4-9-17-10-8-14/h6-7,11,14,17,19H,3-5,8-10H2,1-2H3,(H,18,20). The molecule has 0 aliphatic carbocycles. The number of rotatable bonds is 4. The highest BCUT2D eigenvalue weighted by Gasteiger charge is 2.13. The molecule has 1 unspecified atom stereocenters. The number of nitrogens with one attached hydrogen (secondary N) is 3. The fourth-order valence-electron chi connectivity index (χ4n) is 2.56. The van der Waals surface area contributed by atoms with Crippen LogP contribution in [0, 0.1) is 6.92 Å². The van der Waals surface area contributed by atoms with Gasteiger partial charge in [-0.05, 0) is 63.9 Å². The Bertz CT molecular complexity index is 451. The fraction of sp³-hybridized carbons (Fsp3) is 0.562. The van der Waals surface area contributed by atoms with E-state index >= 15 is 0 Å². The summed E-state index contributed by atoms with van der Waals surface area (Å²) in [6.07, 6.45) is 3.51. The quantitative estimate of drug-likeness (QED) is 0.790. The van der Waals surface area contributed by atoms with Gasteiger partial charge >= 0.3 is 0 Å². The molecule has 4 heteroatoms. The van der Waals surface area contributed by atoms with Gasteiger partial charge in [0, 0.05) is 23.8 Å². The van der Waals surface area contributed by atoms with Crippen molar-refractivity contribution in [1.82, 2.24) is 10.6 Å². The first-order valence-corrected chi connectivity index (χ1v) is 7.57. The molecule has 1 aromatic rings. The number of amides is 1. The molecule has 0 spiro atoms. The largest absolute Gasteiger partial charge is 0.382 e. The van der Waals surface area contributed by atoms with Crippen molar-refractivity contribution >= 4 is 11.6 Å². The van der Waals surface area contributed by atoms with Crippen molar-refractivity contribution in [2.75, 3.05) is 25.0 Å². The summed E-state index contributed by atoms with van der Waals surface area (Å²) in [7, 11) is 0. The van der Waals surface area contributed by atoms with E-state index in [4.69, 9.17) is 0 Å². The third-order valence-corrected chi connectivity index (χ3v) is 3.77. The van der Waals surface area contributed by atoms with Crippen LogP contribution in [0.15, 0.2) is 18.2 Å². The van der Waals surface area contributed by atoms with Crippen LogP contribution in [0.5, 0.6) is 0 Å². The number of hydrogen-bond acceptors (Lipinski definition) is 3. The molecule has 0 bridgehead atoms. The molecular weight excluding hydrogens is 250 g/mol. The third kappa shape index (κ3) is 3.97. The minimum absolute atomic E-state index is 0.00177. The molecule has 4 nitrogen and oxygen atoms in total. The maximum absolute atomic E-state index is 11.9. The number of carbonyl (C=O) groups is 1. The highest BCUT2D eigenvalue weighted by molar-refractivity contribution is 5.95. The van der Waals surface area contributed by atoms with Crippen LogP contribution in [0.2, 0.25) is 0 Å². The second kappa shape index (κ2) is 7.29. The maximum atomic E-state index is 11.9. The zero-order valence-electron chi connectivity index (χ0n) is 12.5. The van der Waals surface area contributed by atoms with E-state index in [0.29, 0.717) is 12.6 Å². The molecule has 0 saturated carbocycles. The van der Waals surface area contributed by atoms with Crippen LogP contribution in [0.4, 0.5) is 5.69 Å². The number of aryl methyl sites for hydroxylation is 1. The monoisotopic (exact) mass is 275 g/mol. The lowest BCUT2D eigenvalue weighted by molar-refractivity contribution is 0.0956. The lowest BCUT2D eigenvalue weighted by Crippen LogP contribution is -2.24. The van der Waals surface area contributed by atoms with Gasteiger partial charge in [-0.15, -0.1) is 0 Å². The zero-order chi connectivity index (χ0) is 14.4. The van der Waals surface area contributed by atoms with Crippen LogP contribution in [0.3, 0.4) is 0 Å². The summed E-state index contributed by atoms with van der Waals surface area (Å²) >= 11 is 0. The maximum Gasteiger partial charge on any atom is 0.251 e. The summed E-state index contributed by atoms with van der Waals surface area (Å²) in [6, 6.07) is 6.37. The van der Waals surface area contributed by atoms with Crippen LogP contribution in [0.25, 0.3) is 0 Å². The smallest absolute Gasteiger partial charge is 0.251 e. The summed E-state index contributed by atoms with van der Waals surface area (Å²) < 4.78 is 0. The first-order valence-electron chi connectivity index (χ1n) is 7.57. The Labute approximate surface area is 121 Å². The molecule has 20 heavy (non-hydrogen) atoms. The summed E-state index contributed by atoms with van der Waals surface area (Å²) in [6.45, 7) is 6.84. The molecule has 2 rings (SSSR count). The van der Waals surface area contributed by atoms with E-state index in [-0.39, 0.29) is 5.91 Å². The predicted octanol–water partition coefficient (Wildman–Crippen LogP) is 2.30. The van der Waals surface area contributed by atoms with Crippen molar-refractivity contribution in [1.29, 1.82) is 0 Å². The van der Waals surface area contributed by atoms with E-state index in [0.717, 1.165) is 30.8 Å². The Kier molecular flexibility index (Phi) is 5.41. The SMILES string of the molecule is CCNC(=O)c1ccc(C)c(NC2CCCNCC2)c1. The Hall–Kier alpha value is -1.55. The van der Waals surface area contributed by atoms with Crippen LogP contribution >= 0.6 is 0 Å². The lowest BCUT2D eigenvalue weighted by atomic mass is 10.1. The molecule has 110 valence electrons. The van der Waals surface area contributed by atoms with Crippen molar-refractivity contribution in [2.45, 2.75) is 39.2 Å². The van der Waals surface area contributed by atoms with Crippen molar-refractivity contribution in [3.05, 3.63) is 29.3 Å². The molecule has 0 radical (unpaired) electrons. The lowest BCUT2D eigenvalue weighted by Gasteiger charge is -2.19. The van der Waals surface area contributed by atoms with Gasteiger partial charge in [-0.25, -0.2) is 0 Å². The van der Waals surface area contributed by atoms with Crippen LogP contribution < -0.4 is 16.0 Å². The van der Waals surface area contributed by atoms with Gasteiger partial charge < -0.3 is 16.0 Å². The van der Waals surface area contributed by atoms with Gasteiger partial charge in [0.2, 0.25) is 0 Å². The summed E-state index contributed by atoms with van der Waals surface area (Å²) in [4.78, 5) is 11.9. The molecule has 1 atom stereocenters. The molecule has 1 fully saturated rings. The Balaban J connectivity index is 2.09. The number of hydrogen-bond donors (Lipinski definition) is 3. The van der Waals surface area contributed by atoms with Gasteiger partial charge in [0.25, 0.3) is 5.91 Å². The van der Waals surface area contributed by atoms with E-state index in [1.807, 2.05) is 25.1 Å². The highest BCUT2D eigenvalue weighted by atomic mass is 16.1. The zero-order valence-corrected chi connectivity index (χ0v) is 12.5. The minimum atomic E-state index is -0.00177. The summed E-state index contributed by atoms with van der Waals surface area (Å²) in [5.41, 5.74) is 3.00. The van der Waals surface area contributed by atoms with E-state index in [1.54, 1.807) is 0 Å². The first-order chi connectivity index (χ1) is 9.70. The van der Waals surface area contributed by atoms with E-state index in [2.05, 4.69) is 22.9 Å². The molecule has 1 aliphatic rings. The van der Waals surface area contributed by atoms with Crippen molar-refractivity contribution in [3.8, 4) is 0 Å². The second-order valence-corrected chi connectivity index (χ2v) is 5.41. The summed E-state index contributed by atoms with van der Waals surface area (Å²) in [5.74, 6) is -0.00177. The topological polar surface area (TPSA) is 53.2 Å². The van der Waals surface area contributed by atoms with E-state index in [1.165, 1.54) is 18.4 Å². The average molecular weight is 275 g/mol. The van der Waals surface area contributed by atoms with Crippen molar-refractivity contribution in [2.24, 2.45) is 0 Å². The molecule has 3 N–H and O–H groups in total. The van der Waals surface area contributed by atoms with E-state index < -0.39 is 0 Å². The predicted molar refractivity (Wildman–Crippen MR) is 83.3 cm³/mol. The molecule has 1 amide bonds. The molecule has 1 heterocycles. The molecule has 1 aliphatic heterocycles. The summed E-state index contributed by atoms with van der Waals surface area (Å²) in [5, 5.41) is 9.87. The number of carbonyl (C=O) groups excluding carboxylic acids is 1. The molecule has 0 aromatic heterocycles. The Morgan fingerprint density at radius 1 is 1.35 bits per heavy atom. The van der Waals surface area contributed by atoms with Gasteiger partial charge in [-0.2, -0.15) is 0 Å². The normalized spacial score (nSPS) is 19.2. The van der Waals surface area contributed by atoms with Gasteiger partial charge in [-0.1, -0.05) is 6.07 Å². The average Bonchev–Trinajstić information content (AvgIpc) is 2.70. The number of benzene rings is 1. The Morgan fingerprint density at radius 3 is 3.00 bits per heavy atom. The van der Waals surface area contributed by atoms with Gasteiger partial charge in [0.15, 0.2) is 0 Å². The van der Waals surface area contributed by atoms with Crippen molar-refractivity contribution < 1.29 is 4.79 Å².